The Bertz CT molecular complexity index is 307. The van der Waals surface area contributed by atoms with E-state index < -0.39 is 0 Å². The van der Waals surface area contributed by atoms with Gasteiger partial charge in [-0.3, -0.25) is 0 Å². The number of hydrogen-bond donors (Lipinski definition) is 1. The number of hydrogen-bond acceptors (Lipinski definition) is 3. The molecule has 84 valence electrons. The van der Waals surface area contributed by atoms with Crippen LogP contribution in [-0.2, 0) is 11.3 Å². The van der Waals surface area contributed by atoms with E-state index in [4.69, 9.17) is 4.74 Å². The predicted octanol–water partition coefficient (Wildman–Crippen LogP) is 1.34. The van der Waals surface area contributed by atoms with E-state index in [0.29, 0.717) is 12.6 Å². The Balaban J connectivity index is 1.84. The average Bonchev–Trinajstić information content (AvgIpc) is 2.96. The predicted molar refractivity (Wildman–Crippen MR) is 58.7 cm³/mol. The van der Waals surface area contributed by atoms with Crippen LogP contribution in [0, 0.1) is 0 Å². The van der Waals surface area contributed by atoms with E-state index in [9.17, 15) is 0 Å². The maximum atomic E-state index is 5.72. The number of imidazole rings is 1. The monoisotopic (exact) mass is 209 g/mol. The van der Waals surface area contributed by atoms with Gasteiger partial charge in [0.1, 0.15) is 0 Å². The van der Waals surface area contributed by atoms with Crippen molar-refractivity contribution in [3.8, 4) is 0 Å². The van der Waals surface area contributed by atoms with E-state index in [1.54, 1.807) is 0 Å². The molecule has 1 atom stereocenters. The van der Waals surface area contributed by atoms with E-state index >= 15 is 0 Å². The van der Waals surface area contributed by atoms with Crippen molar-refractivity contribution in [2.24, 2.45) is 0 Å². The Morgan fingerprint density at radius 3 is 3.13 bits per heavy atom. The summed E-state index contributed by atoms with van der Waals surface area (Å²) in [6.07, 6.45) is 6.64. The zero-order valence-electron chi connectivity index (χ0n) is 9.44. The minimum Gasteiger partial charge on any atom is -0.371 e. The summed E-state index contributed by atoms with van der Waals surface area (Å²) in [5.74, 6) is 0. The lowest BCUT2D eigenvalue weighted by Crippen LogP contribution is -2.23. The van der Waals surface area contributed by atoms with Gasteiger partial charge in [0.25, 0.3) is 0 Å². The molecule has 15 heavy (non-hydrogen) atoms. The Morgan fingerprint density at radius 1 is 1.67 bits per heavy atom. The fourth-order valence-electron chi connectivity index (χ4n) is 1.70. The molecule has 1 aliphatic rings. The molecule has 4 nitrogen and oxygen atoms in total. The second kappa shape index (κ2) is 4.77. The minimum absolute atomic E-state index is 0.248. The highest BCUT2D eigenvalue weighted by molar-refractivity contribution is 5.02. The lowest BCUT2D eigenvalue weighted by molar-refractivity contribution is 0.0508. The number of rotatable bonds is 6. The quantitative estimate of drug-likeness (QED) is 0.768. The molecule has 1 N–H and O–H groups in total. The Kier molecular flexibility index (Phi) is 3.38. The van der Waals surface area contributed by atoms with Gasteiger partial charge in [0.2, 0.25) is 0 Å². The molecule has 1 heterocycles. The van der Waals surface area contributed by atoms with Crippen LogP contribution < -0.4 is 5.32 Å². The van der Waals surface area contributed by atoms with Crippen molar-refractivity contribution in [3.05, 3.63) is 18.2 Å². The molecule has 1 unspecified atom stereocenters. The number of nitrogens with zero attached hydrogens (tertiary/aromatic N) is 2. The largest absolute Gasteiger partial charge is 0.371 e. The summed E-state index contributed by atoms with van der Waals surface area (Å²) >= 11 is 0. The Morgan fingerprint density at radius 2 is 2.47 bits per heavy atom. The summed E-state index contributed by atoms with van der Waals surface area (Å²) < 4.78 is 7.96. The van der Waals surface area contributed by atoms with Crippen LogP contribution in [0.4, 0.5) is 0 Å². The van der Waals surface area contributed by atoms with Crippen molar-refractivity contribution in [2.45, 2.75) is 38.5 Å². The lowest BCUT2D eigenvalue weighted by atomic mass is 10.4. The van der Waals surface area contributed by atoms with Crippen LogP contribution in [0.1, 0.15) is 31.5 Å². The Labute approximate surface area is 90.6 Å². The topological polar surface area (TPSA) is 39.1 Å². The van der Waals surface area contributed by atoms with Crippen LogP contribution in [-0.4, -0.2) is 29.2 Å². The van der Waals surface area contributed by atoms with Gasteiger partial charge in [0, 0.05) is 12.6 Å². The molecule has 1 aromatic rings. The highest BCUT2D eigenvalue weighted by atomic mass is 16.5. The van der Waals surface area contributed by atoms with Crippen molar-refractivity contribution in [3.63, 3.8) is 0 Å². The highest BCUT2D eigenvalue weighted by Gasteiger charge is 2.25. The lowest BCUT2D eigenvalue weighted by Gasteiger charge is -2.13. The zero-order chi connectivity index (χ0) is 10.7. The second-order valence-corrected chi connectivity index (χ2v) is 4.20. The highest BCUT2D eigenvalue weighted by Crippen LogP contribution is 2.35. The summed E-state index contributed by atoms with van der Waals surface area (Å²) in [7, 11) is 1.94. The van der Waals surface area contributed by atoms with Gasteiger partial charge in [-0.2, -0.15) is 0 Å². The standard InChI is InChI=1S/C11H19N3O/c1-9(5-12-2)15-7-11-6-13-8-14(11)10-3-4-10/h6,8-10,12H,3-5,7H2,1-2H3. The third kappa shape index (κ3) is 2.79. The third-order valence-corrected chi connectivity index (χ3v) is 2.69. The summed E-state index contributed by atoms with van der Waals surface area (Å²) in [5.41, 5.74) is 1.19. The van der Waals surface area contributed by atoms with Crippen LogP contribution in [0.25, 0.3) is 0 Å². The van der Waals surface area contributed by atoms with Crippen molar-refractivity contribution < 1.29 is 4.74 Å². The number of ether oxygens (including phenoxy) is 1. The van der Waals surface area contributed by atoms with Gasteiger partial charge in [0.15, 0.2) is 0 Å². The molecule has 0 aliphatic heterocycles. The molecule has 1 aromatic heterocycles. The van der Waals surface area contributed by atoms with E-state index in [2.05, 4.69) is 21.8 Å². The maximum Gasteiger partial charge on any atom is 0.0951 e. The van der Waals surface area contributed by atoms with Gasteiger partial charge >= 0.3 is 0 Å². The third-order valence-electron chi connectivity index (χ3n) is 2.69. The van der Waals surface area contributed by atoms with Crippen LogP contribution in [0.3, 0.4) is 0 Å². The molecular weight excluding hydrogens is 190 g/mol. The molecule has 1 fully saturated rings. The fourth-order valence-corrected chi connectivity index (χ4v) is 1.70. The van der Waals surface area contributed by atoms with E-state index in [0.717, 1.165) is 6.54 Å². The maximum absolute atomic E-state index is 5.72. The molecule has 0 radical (unpaired) electrons. The van der Waals surface area contributed by atoms with Crippen LogP contribution in [0.5, 0.6) is 0 Å². The molecule has 0 saturated heterocycles. The Hall–Kier alpha value is -0.870. The molecular formula is C11H19N3O. The normalized spacial score (nSPS) is 18.0. The van der Waals surface area contributed by atoms with Gasteiger partial charge in [0.05, 0.1) is 30.9 Å². The smallest absolute Gasteiger partial charge is 0.0951 e. The molecule has 0 spiro atoms. The molecule has 1 saturated carbocycles. The van der Waals surface area contributed by atoms with Crippen molar-refractivity contribution in [2.75, 3.05) is 13.6 Å². The molecule has 4 heteroatoms. The molecule has 1 aliphatic carbocycles. The first-order chi connectivity index (χ1) is 7.31. The molecule has 2 rings (SSSR count). The number of nitrogens with one attached hydrogen (secondary N) is 1. The zero-order valence-corrected chi connectivity index (χ0v) is 9.44. The van der Waals surface area contributed by atoms with Crippen LogP contribution in [0.2, 0.25) is 0 Å². The van der Waals surface area contributed by atoms with E-state index in [1.165, 1.54) is 18.5 Å². The summed E-state index contributed by atoms with van der Waals surface area (Å²) in [6.45, 7) is 3.63. The van der Waals surface area contributed by atoms with Gasteiger partial charge in [-0.15, -0.1) is 0 Å². The van der Waals surface area contributed by atoms with Gasteiger partial charge in [-0.25, -0.2) is 4.98 Å². The first-order valence-corrected chi connectivity index (χ1v) is 5.58. The van der Waals surface area contributed by atoms with Gasteiger partial charge in [-0.05, 0) is 26.8 Å². The number of likely N-dealkylation sites (N-methyl/N-ethyl adjacent to an activating group) is 1. The molecule has 0 bridgehead atoms. The van der Waals surface area contributed by atoms with Crippen LogP contribution >= 0.6 is 0 Å². The van der Waals surface area contributed by atoms with Crippen molar-refractivity contribution >= 4 is 0 Å². The minimum atomic E-state index is 0.248. The van der Waals surface area contributed by atoms with E-state index in [1.807, 2.05) is 19.6 Å². The molecule has 0 aromatic carbocycles. The van der Waals surface area contributed by atoms with Crippen molar-refractivity contribution in [1.82, 2.24) is 14.9 Å². The van der Waals surface area contributed by atoms with Gasteiger partial charge in [-0.1, -0.05) is 0 Å². The first-order valence-electron chi connectivity index (χ1n) is 5.58. The summed E-state index contributed by atoms with van der Waals surface area (Å²) in [4.78, 5) is 4.17. The second-order valence-electron chi connectivity index (χ2n) is 4.20. The van der Waals surface area contributed by atoms with E-state index in [-0.39, 0.29) is 6.10 Å². The van der Waals surface area contributed by atoms with Gasteiger partial charge < -0.3 is 14.6 Å². The average molecular weight is 209 g/mol. The van der Waals surface area contributed by atoms with Crippen molar-refractivity contribution in [1.29, 1.82) is 0 Å². The number of aromatic nitrogens is 2. The van der Waals surface area contributed by atoms with Crippen LogP contribution in [0.15, 0.2) is 12.5 Å². The SMILES string of the molecule is CNCC(C)OCc1cncn1C1CC1. The first kappa shape index (κ1) is 10.6. The fraction of sp³-hybridized carbons (Fsp3) is 0.727. The summed E-state index contributed by atoms with van der Waals surface area (Å²) in [5, 5.41) is 3.10. The molecule has 0 amide bonds. The summed E-state index contributed by atoms with van der Waals surface area (Å²) in [6, 6.07) is 0.686.